The van der Waals surface area contributed by atoms with Crippen LogP contribution in [0.15, 0.2) is 71.6 Å². The molecule has 2 aliphatic rings. The number of hydrogen-bond donors (Lipinski definition) is 2. The number of aliphatic hydroxyl groups excluding tert-OH is 1. The van der Waals surface area contributed by atoms with E-state index in [1.54, 1.807) is 26.4 Å². The molecule has 10 heteroatoms. The number of piperidine rings is 1. The second kappa shape index (κ2) is 14.8. The van der Waals surface area contributed by atoms with Crippen LogP contribution in [0.1, 0.15) is 35.4 Å². The predicted octanol–water partition coefficient (Wildman–Crippen LogP) is 4.10. The summed E-state index contributed by atoms with van der Waals surface area (Å²) in [6.07, 6.45) is 0.771. The Kier molecular flexibility index (Phi) is 10.8. The number of aryl methyl sites for hydroxylation is 1. The van der Waals surface area contributed by atoms with Crippen LogP contribution in [0.4, 0.5) is 5.69 Å². The summed E-state index contributed by atoms with van der Waals surface area (Å²) in [6.45, 7) is 5.56. The highest BCUT2D eigenvalue weighted by Crippen LogP contribution is 2.40. The fourth-order valence-electron chi connectivity index (χ4n) is 6.31. The normalized spacial score (nSPS) is 21.9. The quantitative estimate of drug-likeness (QED) is 0.272. The van der Waals surface area contributed by atoms with Gasteiger partial charge in [-0.15, -0.1) is 0 Å². The molecule has 0 saturated carbocycles. The molecule has 2 N–H and O–H groups in total. The molecule has 1 saturated heterocycles. The Hall–Kier alpha value is -3.15. The summed E-state index contributed by atoms with van der Waals surface area (Å²) >= 11 is 0. The van der Waals surface area contributed by atoms with Gasteiger partial charge < -0.3 is 34.3 Å². The summed E-state index contributed by atoms with van der Waals surface area (Å²) in [5.41, 5.74) is 3.85. The smallest absolute Gasteiger partial charge is 0.183 e. The number of aliphatic hydroxyl groups is 1. The average molecular weight is 625 g/mol. The van der Waals surface area contributed by atoms with E-state index in [1.807, 2.05) is 55.5 Å². The molecule has 3 aromatic carbocycles. The number of methoxy groups -OCH3 is 2. The highest BCUT2D eigenvalue weighted by Gasteiger charge is 2.48. The third kappa shape index (κ3) is 7.21. The topological polar surface area (TPSA) is 107 Å². The van der Waals surface area contributed by atoms with Crippen LogP contribution in [-0.2, 0) is 25.9 Å². The van der Waals surface area contributed by atoms with E-state index in [1.165, 1.54) is 0 Å². The van der Waals surface area contributed by atoms with Gasteiger partial charge in [0.2, 0.25) is 0 Å². The van der Waals surface area contributed by atoms with Gasteiger partial charge in [0.1, 0.15) is 18.1 Å². The lowest BCUT2D eigenvalue weighted by atomic mass is 9.82. The van der Waals surface area contributed by atoms with Crippen LogP contribution in [0, 0.1) is 6.92 Å². The van der Waals surface area contributed by atoms with Crippen LogP contribution in [0.25, 0.3) is 0 Å². The van der Waals surface area contributed by atoms with E-state index in [0.29, 0.717) is 38.5 Å². The first kappa shape index (κ1) is 32.2. The van der Waals surface area contributed by atoms with Crippen molar-refractivity contribution in [1.82, 2.24) is 5.32 Å². The molecule has 0 spiro atoms. The maximum atomic E-state index is 14.4. The molecule has 44 heavy (non-hydrogen) atoms. The molecule has 0 amide bonds. The number of sulfone groups is 1. The zero-order chi connectivity index (χ0) is 31.1. The van der Waals surface area contributed by atoms with Gasteiger partial charge in [-0.1, -0.05) is 35.9 Å². The zero-order valence-electron chi connectivity index (χ0n) is 25.8. The molecule has 2 unspecified atom stereocenters. The van der Waals surface area contributed by atoms with E-state index in [2.05, 4.69) is 16.3 Å². The summed E-state index contributed by atoms with van der Waals surface area (Å²) in [6, 6.07) is 20.2. The Morgan fingerprint density at radius 1 is 1.05 bits per heavy atom. The van der Waals surface area contributed by atoms with Crippen molar-refractivity contribution in [2.75, 3.05) is 58.6 Å². The van der Waals surface area contributed by atoms with E-state index in [0.717, 1.165) is 47.6 Å². The minimum Gasteiger partial charge on any atom is -0.497 e. The van der Waals surface area contributed by atoms with Crippen LogP contribution >= 0.6 is 0 Å². The monoisotopic (exact) mass is 624 g/mol. The number of hydrogen-bond acceptors (Lipinski definition) is 9. The van der Waals surface area contributed by atoms with E-state index >= 15 is 0 Å². The first-order valence-corrected chi connectivity index (χ1v) is 16.8. The Morgan fingerprint density at radius 3 is 2.52 bits per heavy atom. The SMILES string of the molecule is COCCCN1CCOc2ccc(COC3CNC(CCO)[C@H](S(=O)(=O)c4ccc(C)cc4)[C@@H]3c3ccc(OC)cc3)cc21. The molecule has 2 heterocycles. The lowest BCUT2D eigenvalue weighted by Crippen LogP contribution is -2.59. The number of benzene rings is 3. The first-order chi connectivity index (χ1) is 21.3. The maximum absolute atomic E-state index is 14.4. The number of rotatable bonds is 13. The van der Waals surface area contributed by atoms with Gasteiger partial charge in [-0.05, 0) is 67.3 Å². The second-order valence-corrected chi connectivity index (χ2v) is 13.6. The molecule has 4 atom stereocenters. The van der Waals surface area contributed by atoms with Crippen molar-refractivity contribution >= 4 is 15.5 Å². The lowest BCUT2D eigenvalue weighted by Gasteiger charge is -2.43. The second-order valence-electron chi connectivity index (χ2n) is 11.5. The summed E-state index contributed by atoms with van der Waals surface area (Å²) in [7, 11) is -0.508. The van der Waals surface area contributed by atoms with Crippen LogP contribution in [0.5, 0.6) is 11.5 Å². The van der Waals surface area contributed by atoms with Gasteiger partial charge >= 0.3 is 0 Å². The highest BCUT2D eigenvalue weighted by molar-refractivity contribution is 7.92. The number of ether oxygens (including phenoxy) is 4. The van der Waals surface area contributed by atoms with Crippen molar-refractivity contribution in [1.29, 1.82) is 0 Å². The Morgan fingerprint density at radius 2 is 1.82 bits per heavy atom. The fraction of sp³-hybridized carbons (Fsp3) is 0.471. The first-order valence-electron chi connectivity index (χ1n) is 15.3. The molecule has 0 aliphatic carbocycles. The highest BCUT2D eigenvalue weighted by atomic mass is 32.2. The number of anilines is 1. The van der Waals surface area contributed by atoms with Crippen molar-refractivity contribution in [3.8, 4) is 11.5 Å². The molecule has 1 fully saturated rings. The van der Waals surface area contributed by atoms with Crippen molar-refractivity contribution in [3.05, 3.63) is 83.4 Å². The van der Waals surface area contributed by atoms with Gasteiger partial charge in [0, 0.05) is 45.4 Å². The van der Waals surface area contributed by atoms with Crippen LogP contribution in [0.3, 0.4) is 0 Å². The van der Waals surface area contributed by atoms with Gasteiger partial charge in [0.05, 0.1) is 42.2 Å². The molecular formula is C34H44N2O7S. The van der Waals surface area contributed by atoms with Crippen LogP contribution in [0.2, 0.25) is 0 Å². The third-order valence-electron chi connectivity index (χ3n) is 8.60. The number of fused-ring (bicyclic) bond motifs is 1. The molecule has 0 radical (unpaired) electrons. The van der Waals surface area contributed by atoms with Crippen LogP contribution in [-0.4, -0.2) is 84.6 Å². The lowest BCUT2D eigenvalue weighted by molar-refractivity contribution is 0.00249. The molecule has 5 rings (SSSR count). The molecular weight excluding hydrogens is 580 g/mol. The van der Waals surface area contributed by atoms with E-state index in [-0.39, 0.29) is 11.5 Å². The van der Waals surface area contributed by atoms with Crippen molar-refractivity contribution < 1.29 is 32.5 Å². The minimum absolute atomic E-state index is 0.128. The number of nitrogens with zero attached hydrogens (tertiary/aromatic N) is 1. The van der Waals surface area contributed by atoms with E-state index in [4.69, 9.17) is 18.9 Å². The molecule has 9 nitrogen and oxygen atoms in total. The van der Waals surface area contributed by atoms with E-state index < -0.39 is 33.2 Å². The summed E-state index contributed by atoms with van der Waals surface area (Å²) in [5.74, 6) is 1.05. The molecule has 2 aliphatic heterocycles. The van der Waals surface area contributed by atoms with Gasteiger partial charge in [-0.2, -0.15) is 0 Å². The standard InChI is InChI=1S/C34H44N2O7S/c1-24-5-12-28(13-6-24)44(38,39)34-29(15-18-37)35-22-32(33(34)26-8-10-27(41-3)11-9-26)43-23-25-7-14-31-30(21-25)36(17-20-42-31)16-4-19-40-2/h5-14,21,29,32-35,37H,4,15-20,22-23H2,1-3H3/t29?,32?,33-,34+/m1/s1. The Labute approximate surface area is 261 Å². The Balaban J connectivity index is 1.46. The Bertz CT molecular complexity index is 1460. The molecule has 0 bridgehead atoms. The fourth-order valence-corrected chi connectivity index (χ4v) is 8.52. The average Bonchev–Trinajstić information content (AvgIpc) is 3.04. The van der Waals surface area contributed by atoms with E-state index in [9.17, 15) is 13.5 Å². The maximum Gasteiger partial charge on any atom is 0.183 e. The van der Waals surface area contributed by atoms with Crippen molar-refractivity contribution in [3.63, 3.8) is 0 Å². The van der Waals surface area contributed by atoms with Gasteiger partial charge in [0.15, 0.2) is 9.84 Å². The molecule has 238 valence electrons. The van der Waals surface area contributed by atoms with Crippen molar-refractivity contribution in [2.24, 2.45) is 0 Å². The van der Waals surface area contributed by atoms with Gasteiger partial charge in [-0.3, -0.25) is 0 Å². The predicted molar refractivity (Wildman–Crippen MR) is 171 cm³/mol. The van der Waals surface area contributed by atoms with Crippen molar-refractivity contribution in [2.45, 2.75) is 54.6 Å². The number of nitrogens with one attached hydrogen (secondary N) is 1. The zero-order valence-corrected chi connectivity index (χ0v) is 26.6. The summed E-state index contributed by atoms with van der Waals surface area (Å²) in [4.78, 5) is 2.58. The summed E-state index contributed by atoms with van der Waals surface area (Å²) in [5, 5.41) is 12.5. The summed E-state index contributed by atoms with van der Waals surface area (Å²) < 4.78 is 52.0. The van der Waals surface area contributed by atoms with Gasteiger partial charge in [0.25, 0.3) is 0 Å². The van der Waals surface area contributed by atoms with Crippen LogP contribution < -0.4 is 19.7 Å². The minimum atomic E-state index is -3.83. The largest absolute Gasteiger partial charge is 0.497 e. The molecule has 0 aromatic heterocycles. The molecule has 3 aromatic rings. The van der Waals surface area contributed by atoms with Gasteiger partial charge in [-0.25, -0.2) is 8.42 Å². The third-order valence-corrected chi connectivity index (χ3v) is 10.9.